The van der Waals surface area contributed by atoms with Gasteiger partial charge in [-0.1, -0.05) is 97.4 Å². The third kappa shape index (κ3) is 7.67. The second kappa shape index (κ2) is 14.6. The minimum Gasteiger partial charge on any atom is -0.493 e. The largest absolute Gasteiger partial charge is 0.493 e. The molecule has 2 saturated carbocycles. The van der Waals surface area contributed by atoms with Crippen molar-refractivity contribution in [1.82, 2.24) is 0 Å². The van der Waals surface area contributed by atoms with Gasteiger partial charge in [-0.05, 0) is 121 Å². The maximum atomic E-state index is 6.44. The van der Waals surface area contributed by atoms with Gasteiger partial charge in [-0.3, -0.25) is 0 Å². The van der Waals surface area contributed by atoms with Crippen molar-refractivity contribution in [1.29, 1.82) is 0 Å². The van der Waals surface area contributed by atoms with Gasteiger partial charge in [0, 0.05) is 0 Å². The maximum Gasteiger partial charge on any atom is 0.125 e. The lowest BCUT2D eigenvalue weighted by Crippen LogP contribution is -2.25. The molecule has 4 rings (SSSR count). The Labute approximate surface area is 235 Å². The van der Waals surface area contributed by atoms with E-state index in [1.807, 2.05) is 0 Å². The summed E-state index contributed by atoms with van der Waals surface area (Å²) in [6.45, 7) is 12.3. The molecule has 0 radical (unpaired) electrons. The molecule has 1 nitrogen and oxygen atoms in total. The summed E-state index contributed by atoms with van der Waals surface area (Å²) in [4.78, 5) is 0. The summed E-state index contributed by atoms with van der Waals surface area (Å²) in [5.41, 5.74) is 6.90. The second-order valence-corrected chi connectivity index (χ2v) is 12.9. The Morgan fingerprint density at radius 2 is 1.26 bits per heavy atom. The van der Waals surface area contributed by atoms with Crippen LogP contribution in [0.3, 0.4) is 0 Å². The van der Waals surface area contributed by atoms with E-state index in [0.717, 1.165) is 48.9 Å². The predicted molar refractivity (Wildman–Crippen MR) is 165 cm³/mol. The van der Waals surface area contributed by atoms with E-state index in [1.165, 1.54) is 105 Å². The van der Waals surface area contributed by atoms with Gasteiger partial charge >= 0.3 is 0 Å². The zero-order valence-electron chi connectivity index (χ0n) is 25.4. The van der Waals surface area contributed by atoms with Gasteiger partial charge in [0.25, 0.3) is 0 Å². The highest BCUT2D eigenvalue weighted by Crippen LogP contribution is 2.42. The topological polar surface area (TPSA) is 9.23 Å². The average molecular weight is 517 g/mol. The van der Waals surface area contributed by atoms with E-state index in [1.54, 1.807) is 0 Å². The average Bonchev–Trinajstić information content (AvgIpc) is 2.97. The minimum atomic E-state index is 0.646. The molecule has 0 spiro atoms. The van der Waals surface area contributed by atoms with Gasteiger partial charge in [0.2, 0.25) is 0 Å². The first-order valence-electron chi connectivity index (χ1n) is 16.4. The molecular formula is C37H56O. The Hall–Kier alpha value is -1.76. The molecule has 0 saturated heterocycles. The van der Waals surface area contributed by atoms with Crippen molar-refractivity contribution in [2.24, 2.45) is 29.6 Å². The molecular weight excluding hydrogens is 460 g/mol. The van der Waals surface area contributed by atoms with Gasteiger partial charge in [-0.25, -0.2) is 0 Å². The van der Waals surface area contributed by atoms with Gasteiger partial charge in [0.15, 0.2) is 0 Å². The van der Waals surface area contributed by atoms with Crippen LogP contribution in [0.5, 0.6) is 5.75 Å². The molecule has 0 unspecified atom stereocenters. The SMILES string of the molecule is CCc1cc(-c2ccc(CCC3CCC(C4CCC(C)CC4)CC3)cc2)cc(CC)c1OCC(CC)CC. The third-order valence-electron chi connectivity index (χ3n) is 10.4. The van der Waals surface area contributed by atoms with Crippen LogP contribution in [0.2, 0.25) is 0 Å². The summed E-state index contributed by atoms with van der Waals surface area (Å²) < 4.78 is 6.44. The standard InChI is InChI=1S/C37H56O/c1-6-28(7-2)26-38-37-31(8-3)24-36(25-32(37)9-4)35-22-16-30(17-23-35)13-12-29-14-20-34(21-15-29)33-18-10-27(5)11-19-33/h16-17,22-25,27-29,33-34H,6-15,18-21,26H2,1-5H3. The van der Waals surface area contributed by atoms with E-state index in [4.69, 9.17) is 4.74 Å². The Morgan fingerprint density at radius 1 is 0.711 bits per heavy atom. The zero-order chi connectivity index (χ0) is 26.9. The molecule has 0 amide bonds. The first-order valence-corrected chi connectivity index (χ1v) is 16.4. The molecule has 0 N–H and O–H groups in total. The Morgan fingerprint density at radius 3 is 1.79 bits per heavy atom. The van der Waals surface area contributed by atoms with E-state index in [9.17, 15) is 0 Å². The summed E-state index contributed by atoms with van der Waals surface area (Å²) in [6.07, 6.45) is 18.9. The van der Waals surface area contributed by atoms with Crippen molar-refractivity contribution in [2.45, 2.75) is 125 Å². The lowest BCUT2D eigenvalue weighted by molar-refractivity contribution is 0.148. The summed E-state index contributed by atoms with van der Waals surface area (Å²) in [7, 11) is 0. The fourth-order valence-electron chi connectivity index (χ4n) is 7.30. The van der Waals surface area contributed by atoms with E-state index in [-0.39, 0.29) is 0 Å². The highest BCUT2D eigenvalue weighted by atomic mass is 16.5. The molecule has 2 aliphatic rings. The molecule has 210 valence electrons. The van der Waals surface area contributed by atoms with Gasteiger partial charge in [-0.15, -0.1) is 0 Å². The number of benzene rings is 2. The maximum absolute atomic E-state index is 6.44. The molecule has 38 heavy (non-hydrogen) atoms. The Bertz CT molecular complexity index is 928. The Kier molecular flexibility index (Phi) is 11.2. The first-order chi connectivity index (χ1) is 18.5. The lowest BCUT2D eigenvalue weighted by Gasteiger charge is -2.37. The summed E-state index contributed by atoms with van der Waals surface area (Å²) >= 11 is 0. The predicted octanol–water partition coefficient (Wildman–Crippen LogP) is 10.9. The fourth-order valence-corrected chi connectivity index (χ4v) is 7.30. The highest BCUT2D eigenvalue weighted by molar-refractivity contribution is 5.68. The van der Waals surface area contributed by atoms with Gasteiger partial charge < -0.3 is 4.74 Å². The van der Waals surface area contributed by atoms with Crippen LogP contribution >= 0.6 is 0 Å². The lowest BCUT2D eigenvalue weighted by atomic mass is 9.69. The van der Waals surface area contributed by atoms with E-state index in [2.05, 4.69) is 71.0 Å². The van der Waals surface area contributed by atoms with Crippen molar-refractivity contribution in [2.75, 3.05) is 6.61 Å². The van der Waals surface area contributed by atoms with Crippen LogP contribution in [0.15, 0.2) is 36.4 Å². The van der Waals surface area contributed by atoms with Crippen LogP contribution in [0.1, 0.15) is 122 Å². The molecule has 2 aromatic carbocycles. The second-order valence-electron chi connectivity index (χ2n) is 12.9. The van der Waals surface area contributed by atoms with Crippen molar-refractivity contribution >= 4 is 0 Å². The Balaban J connectivity index is 1.32. The molecule has 2 aromatic rings. The number of aryl methyl sites for hydroxylation is 3. The molecule has 1 heteroatoms. The van der Waals surface area contributed by atoms with E-state index >= 15 is 0 Å². The minimum absolute atomic E-state index is 0.646. The normalized spacial score (nSPS) is 24.1. The molecule has 0 aromatic heterocycles. The molecule has 0 atom stereocenters. The summed E-state index contributed by atoms with van der Waals surface area (Å²) in [5, 5.41) is 0. The van der Waals surface area contributed by atoms with Crippen molar-refractivity contribution < 1.29 is 4.74 Å². The smallest absolute Gasteiger partial charge is 0.125 e. The zero-order valence-corrected chi connectivity index (χ0v) is 25.4. The van der Waals surface area contributed by atoms with Gasteiger partial charge in [0.1, 0.15) is 5.75 Å². The first kappa shape index (κ1) is 29.2. The van der Waals surface area contributed by atoms with Crippen LogP contribution < -0.4 is 4.74 Å². The summed E-state index contributed by atoms with van der Waals surface area (Å²) in [5.74, 6) is 5.80. The van der Waals surface area contributed by atoms with Crippen LogP contribution in [0.4, 0.5) is 0 Å². The van der Waals surface area contributed by atoms with E-state index in [0.29, 0.717) is 5.92 Å². The van der Waals surface area contributed by atoms with Gasteiger partial charge in [0.05, 0.1) is 6.61 Å². The van der Waals surface area contributed by atoms with Crippen LogP contribution in [-0.4, -0.2) is 6.61 Å². The highest BCUT2D eigenvalue weighted by Gasteiger charge is 2.29. The number of hydrogen-bond donors (Lipinski definition) is 0. The monoisotopic (exact) mass is 516 g/mol. The van der Waals surface area contributed by atoms with Crippen molar-refractivity contribution in [3.05, 3.63) is 53.1 Å². The molecule has 0 aliphatic heterocycles. The van der Waals surface area contributed by atoms with Gasteiger partial charge in [-0.2, -0.15) is 0 Å². The van der Waals surface area contributed by atoms with E-state index < -0.39 is 0 Å². The molecule has 0 heterocycles. The molecule has 0 bridgehead atoms. The third-order valence-corrected chi connectivity index (χ3v) is 10.4. The quantitative estimate of drug-likeness (QED) is 0.272. The van der Waals surface area contributed by atoms with Crippen LogP contribution in [0, 0.1) is 29.6 Å². The molecule has 2 fully saturated rings. The number of hydrogen-bond acceptors (Lipinski definition) is 1. The van der Waals surface area contributed by atoms with Crippen molar-refractivity contribution in [3.8, 4) is 16.9 Å². The summed E-state index contributed by atoms with van der Waals surface area (Å²) in [6, 6.07) is 14.2. The van der Waals surface area contributed by atoms with Crippen LogP contribution in [0.25, 0.3) is 11.1 Å². The van der Waals surface area contributed by atoms with Crippen molar-refractivity contribution in [3.63, 3.8) is 0 Å². The number of rotatable bonds is 12. The number of ether oxygens (including phenoxy) is 1. The fraction of sp³-hybridized carbons (Fsp3) is 0.676. The van der Waals surface area contributed by atoms with Crippen LogP contribution in [-0.2, 0) is 19.3 Å². The molecule has 2 aliphatic carbocycles.